The number of rotatable bonds is 15. The summed E-state index contributed by atoms with van der Waals surface area (Å²) in [6.07, 6.45) is 10.1. The minimum Gasteiger partial charge on any atom is -0.493 e. The molecule has 1 amide bonds. The normalized spacial score (nSPS) is 24.6. The van der Waals surface area contributed by atoms with Crippen LogP contribution in [0.25, 0.3) is 11.0 Å². The Kier molecular flexibility index (Phi) is 15.8. The summed E-state index contributed by atoms with van der Waals surface area (Å²) in [6, 6.07) is 21.0. The van der Waals surface area contributed by atoms with Crippen molar-refractivity contribution in [2.75, 3.05) is 106 Å². The molecule has 5 aliphatic heterocycles. The first kappa shape index (κ1) is 57.9. The molecule has 3 atom stereocenters. The number of carbonyl (C=O) groups is 1. The average Bonchev–Trinajstić information content (AvgIpc) is 1.29. The third-order valence-corrected chi connectivity index (χ3v) is 20.8. The summed E-state index contributed by atoms with van der Waals surface area (Å²) < 4.78 is 71.9. The van der Waals surface area contributed by atoms with Gasteiger partial charge in [-0.1, -0.05) is 24.3 Å². The first-order valence-corrected chi connectivity index (χ1v) is 31.8. The van der Waals surface area contributed by atoms with E-state index in [-0.39, 0.29) is 52.5 Å². The number of aromatic nitrogens is 3. The molecule has 21 nitrogen and oxygen atoms in total. The van der Waals surface area contributed by atoms with Gasteiger partial charge in [-0.05, 0) is 142 Å². The number of aromatic amines is 1. The second kappa shape index (κ2) is 23.5. The molecule has 0 unspecified atom stereocenters. The number of hydrogen-bond acceptors (Lipinski definition) is 18. The Labute approximate surface area is 500 Å². The molecule has 13 rings (SSSR count). The van der Waals surface area contributed by atoms with Gasteiger partial charge in [-0.3, -0.25) is 24.7 Å². The molecule has 3 aromatic carbocycles. The Morgan fingerprint density at radius 1 is 0.919 bits per heavy atom. The number of ether oxygens (including phenoxy) is 4. The van der Waals surface area contributed by atoms with Crippen LogP contribution in [-0.4, -0.2) is 159 Å². The smallest absolute Gasteiger partial charge is 0.293 e. The van der Waals surface area contributed by atoms with Gasteiger partial charge in [-0.2, -0.15) is 4.98 Å². The monoisotopic (exact) mass is 1200 g/mol. The fourth-order valence-corrected chi connectivity index (χ4v) is 15.5. The molecule has 2 saturated carbocycles. The van der Waals surface area contributed by atoms with E-state index in [2.05, 4.69) is 67.0 Å². The number of morpholine rings is 1. The van der Waals surface area contributed by atoms with Crippen molar-refractivity contribution >= 4 is 61.2 Å². The number of nitrogens with zero attached hydrogens (tertiary/aromatic N) is 8. The highest BCUT2D eigenvalue weighted by molar-refractivity contribution is 7.90. The van der Waals surface area contributed by atoms with Crippen LogP contribution in [-0.2, 0) is 26.0 Å². The van der Waals surface area contributed by atoms with Crippen molar-refractivity contribution in [1.82, 2.24) is 29.5 Å². The number of benzene rings is 3. The van der Waals surface area contributed by atoms with Crippen LogP contribution in [0.2, 0.25) is 0 Å². The summed E-state index contributed by atoms with van der Waals surface area (Å²) in [5.41, 5.74) is 4.07. The molecule has 0 radical (unpaired) electrons. The van der Waals surface area contributed by atoms with Crippen molar-refractivity contribution in [2.45, 2.75) is 113 Å². The van der Waals surface area contributed by atoms with Crippen molar-refractivity contribution < 1.29 is 46.6 Å². The largest absolute Gasteiger partial charge is 0.493 e. The number of aliphatic hydroxyl groups is 1. The summed E-state index contributed by atoms with van der Waals surface area (Å²) in [7, 11) is -3.07. The lowest BCUT2D eigenvalue weighted by atomic mass is 9.59. The number of pyridine rings is 2. The van der Waals surface area contributed by atoms with Gasteiger partial charge in [0.2, 0.25) is 5.88 Å². The van der Waals surface area contributed by atoms with Crippen LogP contribution >= 0.6 is 0 Å². The number of carbonyl (C=O) groups excluding carboxylic acids is 1. The van der Waals surface area contributed by atoms with E-state index in [0.29, 0.717) is 76.1 Å². The second-order valence-corrected chi connectivity index (χ2v) is 26.7. The average molecular weight is 1200 g/mol. The van der Waals surface area contributed by atoms with Gasteiger partial charge in [0.15, 0.2) is 11.6 Å². The number of sulfonamides is 1. The number of nitro benzene ring substituents is 1. The number of aryl methyl sites for hydroxylation is 1. The van der Waals surface area contributed by atoms with Gasteiger partial charge in [-0.15, -0.1) is 0 Å². The van der Waals surface area contributed by atoms with E-state index in [1.165, 1.54) is 23.3 Å². The van der Waals surface area contributed by atoms with Gasteiger partial charge in [0.1, 0.15) is 28.9 Å². The number of nitro groups is 1. The fourth-order valence-electron chi connectivity index (χ4n) is 14.6. The zero-order valence-corrected chi connectivity index (χ0v) is 49.8. The SMILES string of the molecule is COc1cc(CN2CCN(C3CC4(CCN(c5cc(N6c7cc8cc[nH]c8nc7O[C@H]7COCC[C@@H]76)c(C(=O)NS(=O)(=O)c6ccc(NC[C@H]7CC[C@](C)(O)CC7)c([N+](=O)[O-])c6)cc5F)CC4)C3)[C@H](c3ccccc3C)C2)cnc1N1CCOCC1. The van der Waals surface area contributed by atoms with Gasteiger partial charge in [0.25, 0.3) is 21.6 Å². The van der Waals surface area contributed by atoms with Gasteiger partial charge in [0, 0.05) is 101 Å². The van der Waals surface area contributed by atoms with E-state index in [0.717, 1.165) is 112 Å². The zero-order chi connectivity index (χ0) is 59.5. The third kappa shape index (κ3) is 11.5. The molecule has 456 valence electrons. The molecular formula is C63H76FN11O10S. The molecular weight excluding hydrogens is 1120 g/mol. The predicted octanol–water partition coefficient (Wildman–Crippen LogP) is 8.63. The molecule has 86 heavy (non-hydrogen) atoms. The molecule has 4 saturated heterocycles. The van der Waals surface area contributed by atoms with E-state index in [1.807, 2.05) is 28.1 Å². The van der Waals surface area contributed by atoms with Crippen LogP contribution in [0, 0.1) is 34.2 Å². The highest BCUT2D eigenvalue weighted by Crippen LogP contribution is 2.54. The van der Waals surface area contributed by atoms with Crippen molar-refractivity contribution in [3.05, 3.63) is 123 Å². The van der Waals surface area contributed by atoms with Gasteiger partial charge < -0.3 is 49.1 Å². The van der Waals surface area contributed by atoms with Crippen LogP contribution in [0.15, 0.2) is 90.1 Å². The number of piperidine rings is 1. The van der Waals surface area contributed by atoms with Crippen LogP contribution in [0.5, 0.6) is 11.6 Å². The number of amides is 1. The number of piperazine rings is 1. The second-order valence-electron chi connectivity index (χ2n) is 25.1. The topological polar surface area (TPSA) is 233 Å². The lowest BCUT2D eigenvalue weighted by Gasteiger charge is -2.58. The minimum absolute atomic E-state index is 0.0699. The molecule has 2 aliphatic carbocycles. The van der Waals surface area contributed by atoms with E-state index in [4.69, 9.17) is 28.9 Å². The van der Waals surface area contributed by atoms with Gasteiger partial charge in [-0.25, -0.2) is 22.5 Å². The zero-order valence-electron chi connectivity index (χ0n) is 49.0. The molecule has 23 heteroatoms. The lowest BCUT2D eigenvalue weighted by molar-refractivity contribution is -0.384. The summed E-state index contributed by atoms with van der Waals surface area (Å²) >= 11 is 0. The Morgan fingerprint density at radius 3 is 2.48 bits per heavy atom. The maximum atomic E-state index is 17.3. The van der Waals surface area contributed by atoms with E-state index < -0.39 is 55.0 Å². The highest BCUT2D eigenvalue weighted by atomic mass is 32.2. The third-order valence-electron chi connectivity index (χ3n) is 19.5. The first-order valence-electron chi connectivity index (χ1n) is 30.3. The van der Waals surface area contributed by atoms with Crippen LogP contribution in [0.4, 0.5) is 38.6 Å². The van der Waals surface area contributed by atoms with Crippen LogP contribution < -0.4 is 34.2 Å². The summed E-state index contributed by atoms with van der Waals surface area (Å²) in [5.74, 6) is 0.251. The molecule has 7 aliphatic rings. The number of hydrogen-bond donors (Lipinski definition) is 4. The van der Waals surface area contributed by atoms with Crippen molar-refractivity contribution in [2.24, 2.45) is 11.3 Å². The number of H-pyrrole nitrogens is 1. The Morgan fingerprint density at radius 2 is 1.71 bits per heavy atom. The number of anilines is 5. The van der Waals surface area contributed by atoms with Crippen molar-refractivity contribution in [3.8, 4) is 11.6 Å². The van der Waals surface area contributed by atoms with Crippen molar-refractivity contribution in [1.29, 1.82) is 0 Å². The standard InChI is InChI=1S/C63H76FN11O10S/c1-40-6-4-5-7-46(40)55-38-70(37-42-28-56(82-3)59(67-36-42)72-23-26-83-27-24-72)21-22-73(55)44-33-63(34-44)16-19-71(20-17-63)52-32-51(74-50-13-25-84-39-57(50)85-61-54(74)29-43-12-18-65-58(43)68-61)47(31-48(52)64)60(76)69-86(80,81)45-8-9-49(53(30-45)75(78)79)66-35-41-10-14-62(2,77)15-11-41/h4-9,12,18,28-32,36,41,44,50,55,57,66,77H,10-11,13-17,19-27,33-35,37-39H2,1-3H3,(H,65,68)(H,69,76)/t41-,50-,55-,57-,62-/m0/s1. The first-order chi connectivity index (χ1) is 41.5. The molecule has 1 spiro atoms. The van der Waals surface area contributed by atoms with Gasteiger partial charge >= 0.3 is 0 Å². The highest BCUT2D eigenvalue weighted by Gasteiger charge is 2.51. The Bertz CT molecular complexity index is 3630. The molecule has 4 N–H and O–H groups in total. The summed E-state index contributed by atoms with van der Waals surface area (Å²) in [5, 5.41) is 26.8. The van der Waals surface area contributed by atoms with Crippen LogP contribution in [0.1, 0.15) is 97.8 Å². The number of fused-ring (bicyclic) bond motifs is 3. The molecule has 8 heterocycles. The minimum atomic E-state index is -4.78. The fraction of sp³-hybridized carbons (Fsp3) is 0.508. The summed E-state index contributed by atoms with van der Waals surface area (Å²) in [6.45, 7) is 12.5. The lowest BCUT2D eigenvalue weighted by Crippen LogP contribution is -2.60. The quantitative estimate of drug-likeness (QED) is 0.0556. The Hall–Kier alpha value is -7.15. The maximum absolute atomic E-state index is 17.3. The van der Waals surface area contributed by atoms with Gasteiger partial charge in [0.05, 0.1) is 65.3 Å². The maximum Gasteiger partial charge on any atom is 0.293 e. The van der Waals surface area contributed by atoms with Crippen molar-refractivity contribution in [3.63, 3.8) is 0 Å². The number of halogens is 1. The molecule has 3 aromatic heterocycles. The van der Waals surface area contributed by atoms with E-state index in [9.17, 15) is 28.4 Å². The Balaban J connectivity index is 0.747. The van der Waals surface area contributed by atoms with E-state index in [1.54, 1.807) is 26.3 Å². The van der Waals surface area contributed by atoms with Crippen LogP contribution in [0.3, 0.4) is 0 Å². The summed E-state index contributed by atoms with van der Waals surface area (Å²) in [4.78, 5) is 50.4. The number of nitrogens with one attached hydrogen (secondary N) is 3. The molecule has 0 bridgehead atoms. The molecule has 6 fully saturated rings. The predicted molar refractivity (Wildman–Crippen MR) is 324 cm³/mol. The number of methoxy groups -OCH3 is 1. The molecule has 6 aromatic rings. The van der Waals surface area contributed by atoms with E-state index >= 15 is 4.39 Å².